The Balaban J connectivity index is 0.000000188. The van der Waals surface area contributed by atoms with Crippen molar-refractivity contribution in [2.45, 2.75) is 39.0 Å². The third kappa shape index (κ3) is 11.4. The third-order valence-electron chi connectivity index (χ3n) is 11.0. The normalized spacial score (nSPS) is 14.0. The number of aromatic nitrogens is 2. The third-order valence-corrected chi connectivity index (χ3v) is 11.0. The van der Waals surface area contributed by atoms with E-state index in [-0.39, 0.29) is 41.6 Å². The first-order valence-corrected chi connectivity index (χ1v) is 21.1. The zero-order chi connectivity index (χ0) is 43.5. The van der Waals surface area contributed by atoms with E-state index >= 15 is 0 Å². The molecule has 62 heavy (non-hydrogen) atoms. The van der Waals surface area contributed by atoms with Crippen molar-refractivity contribution in [3.8, 4) is 22.3 Å². The molecule has 2 aliphatic heterocycles. The lowest BCUT2D eigenvalue weighted by atomic mass is 9.86. The van der Waals surface area contributed by atoms with Crippen LogP contribution in [0.15, 0.2) is 140 Å². The largest absolute Gasteiger partial charge is 0.378 e. The summed E-state index contributed by atoms with van der Waals surface area (Å²) < 4.78 is 10.7. The van der Waals surface area contributed by atoms with E-state index in [2.05, 4.69) is 30.7 Å². The summed E-state index contributed by atoms with van der Waals surface area (Å²) in [6.07, 6.45) is 3.90. The number of hydrogen-bond donors (Lipinski definition) is 0. The highest BCUT2D eigenvalue weighted by atomic mass is 16.5. The molecule has 2 saturated heterocycles. The van der Waals surface area contributed by atoms with Crippen LogP contribution in [0.4, 0.5) is 0 Å². The van der Waals surface area contributed by atoms with Gasteiger partial charge in [-0.15, -0.1) is 0 Å². The van der Waals surface area contributed by atoms with E-state index in [0.29, 0.717) is 86.2 Å². The number of amides is 2. The van der Waals surface area contributed by atoms with Crippen LogP contribution in [0.25, 0.3) is 22.3 Å². The van der Waals surface area contributed by atoms with Crippen molar-refractivity contribution >= 4 is 23.4 Å². The number of carbonyl (C=O) groups is 4. The lowest BCUT2D eigenvalue weighted by Gasteiger charge is -2.27. The second kappa shape index (κ2) is 20.3. The van der Waals surface area contributed by atoms with Crippen molar-refractivity contribution in [2.75, 3.05) is 52.6 Å². The van der Waals surface area contributed by atoms with Gasteiger partial charge in [-0.05, 0) is 81.8 Å². The van der Waals surface area contributed by atoms with Crippen LogP contribution in [-0.4, -0.2) is 95.8 Å². The van der Waals surface area contributed by atoms with Crippen LogP contribution in [0.3, 0.4) is 0 Å². The fourth-order valence-electron chi connectivity index (χ4n) is 7.38. The van der Waals surface area contributed by atoms with Crippen LogP contribution in [0.5, 0.6) is 0 Å². The molecule has 0 radical (unpaired) electrons. The molecule has 4 heterocycles. The molecule has 0 saturated carbocycles. The standard InChI is InChI=1S/C28H30N2O3.C24H22N2O3/c1-28(2,3)24-9-7-20(8-10-24)26(31)19-25-18-22(11-12-29-25)21-5-4-6-23(17-21)27(32)30-13-15-33-16-14-30;27-23(18-5-2-1-3-6-18)17-22-16-20(9-10-25-22)19-7-4-8-21(15-19)24(28)26-11-13-29-14-12-26/h4-12,17-18H,13-16,19H2,1-3H3;1-10,15-16H,11-14,17H2. The van der Waals surface area contributed by atoms with Gasteiger partial charge in [0, 0.05) is 72.2 Å². The first-order valence-electron chi connectivity index (χ1n) is 21.1. The van der Waals surface area contributed by atoms with E-state index < -0.39 is 0 Å². The molecular formula is C52H52N4O6. The summed E-state index contributed by atoms with van der Waals surface area (Å²) in [7, 11) is 0. The van der Waals surface area contributed by atoms with Crippen LogP contribution in [0.1, 0.15) is 79.2 Å². The van der Waals surface area contributed by atoms with Gasteiger partial charge in [-0.1, -0.05) is 99.6 Å². The summed E-state index contributed by atoms with van der Waals surface area (Å²) in [4.78, 5) is 63.3. The smallest absolute Gasteiger partial charge is 0.254 e. The van der Waals surface area contributed by atoms with Crippen molar-refractivity contribution in [2.24, 2.45) is 0 Å². The molecule has 8 rings (SSSR count). The fraction of sp³-hybridized carbons (Fsp3) is 0.269. The van der Waals surface area contributed by atoms with Crippen molar-refractivity contribution in [1.29, 1.82) is 0 Å². The molecule has 10 heteroatoms. The number of ether oxygens (including phenoxy) is 2. The van der Waals surface area contributed by atoms with Gasteiger partial charge in [-0.2, -0.15) is 0 Å². The number of hydrogen-bond acceptors (Lipinski definition) is 8. The van der Waals surface area contributed by atoms with Crippen molar-refractivity contribution in [3.63, 3.8) is 0 Å². The Hall–Kier alpha value is -6.62. The van der Waals surface area contributed by atoms with Gasteiger partial charge in [0.1, 0.15) is 0 Å². The lowest BCUT2D eigenvalue weighted by molar-refractivity contribution is 0.0301. The van der Waals surface area contributed by atoms with E-state index in [0.717, 1.165) is 22.3 Å². The molecule has 2 amide bonds. The molecule has 0 atom stereocenters. The molecule has 2 aromatic heterocycles. The van der Waals surface area contributed by atoms with Crippen LogP contribution in [0, 0.1) is 0 Å². The minimum atomic E-state index is 0.0170. The van der Waals surface area contributed by atoms with Gasteiger partial charge in [-0.3, -0.25) is 29.1 Å². The molecule has 2 fully saturated rings. The molecule has 0 spiro atoms. The number of Topliss-reactive ketones (excluding diaryl/α,β-unsaturated/α-hetero) is 2. The summed E-state index contributed by atoms with van der Waals surface area (Å²) in [5.41, 5.74) is 9.08. The number of carbonyl (C=O) groups excluding carboxylic acids is 4. The van der Waals surface area contributed by atoms with Crippen molar-refractivity contribution < 1.29 is 28.7 Å². The first kappa shape index (κ1) is 43.5. The second-order valence-corrected chi connectivity index (χ2v) is 16.4. The van der Waals surface area contributed by atoms with E-state index in [1.807, 2.05) is 137 Å². The molecule has 10 nitrogen and oxygen atoms in total. The van der Waals surface area contributed by atoms with Gasteiger partial charge in [0.25, 0.3) is 11.8 Å². The Bertz CT molecular complexity index is 2500. The van der Waals surface area contributed by atoms with Crippen molar-refractivity contribution in [1.82, 2.24) is 19.8 Å². The summed E-state index contributed by atoms with van der Waals surface area (Å²) in [5, 5.41) is 0. The summed E-state index contributed by atoms with van der Waals surface area (Å²) in [6, 6.07) is 39.9. The summed E-state index contributed by atoms with van der Waals surface area (Å²) in [6.45, 7) is 11.2. The predicted octanol–water partition coefficient (Wildman–Crippen LogP) is 8.59. The monoisotopic (exact) mass is 828 g/mol. The Morgan fingerprint density at radius 1 is 0.484 bits per heavy atom. The fourth-order valence-corrected chi connectivity index (χ4v) is 7.38. The van der Waals surface area contributed by atoms with E-state index in [4.69, 9.17) is 9.47 Å². The Morgan fingerprint density at radius 2 is 0.887 bits per heavy atom. The Labute approximate surface area is 363 Å². The highest BCUT2D eigenvalue weighted by Crippen LogP contribution is 2.26. The summed E-state index contributed by atoms with van der Waals surface area (Å²) >= 11 is 0. The topological polar surface area (TPSA) is 119 Å². The number of morpholine rings is 2. The van der Waals surface area contributed by atoms with Crippen LogP contribution in [-0.2, 0) is 27.7 Å². The summed E-state index contributed by atoms with van der Waals surface area (Å²) in [5.74, 6) is 0.106. The maximum absolute atomic E-state index is 12.9. The van der Waals surface area contributed by atoms with Gasteiger partial charge in [-0.25, -0.2) is 0 Å². The molecule has 0 N–H and O–H groups in total. The lowest BCUT2D eigenvalue weighted by Crippen LogP contribution is -2.40. The molecule has 0 aliphatic carbocycles. The predicted molar refractivity (Wildman–Crippen MR) is 240 cm³/mol. The number of nitrogens with zero attached hydrogens (tertiary/aromatic N) is 4. The average molecular weight is 829 g/mol. The van der Waals surface area contributed by atoms with Crippen molar-refractivity contribution in [3.05, 3.63) is 179 Å². The zero-order valence-corrected chi connectivity index (χ0v) is 35.6. The second-order valence-electron chi connectivity index (χ2n) is 16.4. The van der Waals surface area contributed by atoms with Gasteiger partial charge in [0.15, 0.2) is 11.6 Å². The molecule has 2 aliphatic rings. The number of pyridine rings is 2. The van der Waals surface area contributed by atoms with Crippen LogP contribution in [0.2, 0.25) is 0 Å². The Morgan fingerprint density at radius 3 is 1.32 bits per heavy atom. The molecule has 0 unspecified atom stereocenters. The molecule has 4 aromatic carbocycles. The highest BCUT2D eigenvalue weighted by Gasteiger charge is 2.21. The number of rotatable bonds is 10. The molecular weight excluding hydrogens is 777 g/mol. The van der Waals surface area contributed by atoms with Crippen LogP contribution < -0.4 is 0 Å². The van der Waals surface area contributed by atoms with Crippen LogP contribution >= 0.6 is 0 Å². The molecule has 6 aromatic rings. The maximum atomic E-state index is 12.9. The zero-order valence-electron chi connectivity index (χ0n) is 35.6. The minimum absolute atomic E-state index is 0.0170. The van der Waals surface area contributed by atoms with Gasteiger partial charge >= 0.3 is 0 Å². The van der Waals surface area contributed by atoms with Gasteiger partial charge in [0.2, 0.25) is 0 Å². The average Bonchev–Trinajstić information content (AvgIpc) is 3.32. The maximum Gasteiger partial charge on any atom is 0.254 e. The SMILES string of the molecule is CC(C)(C)c1ccc(C(=O)Cc2cc(-c3cccc(C(=O)N4CCOCC4)c3)ccn2)cc1.O=C(Cc1cc(-c2cccc(C(=O)N3CCOCC3)c2)ccn1)c1ccccc1. The number of benzene rings is 4. The molecule has 316 valence electrons. The Kier molecular flexibility index (Phi) is 14.2. The highest BCUT2D eigenvalue weighted by molar-refractivity contribution is 5.99. The van der Waals surface area contributed by atoms with E-state index in [1.165, 1.54) is 5.56 Å². The van der Waals surface area contributed by atoms with E-state index in [9.17, 15) is 19.2 Å². The number of ketones is 2. The minimum Gasteiger partial charge on any atom is -0.378 e. The quantitative estimate of drug-likeness (QED) is 0.126. The molecule has 0 bridgehead atoms. The van der Waals surface area contributed by atoms with Gasteiger partial charge < -0.3 is 19.3 Å². The van der Waals surface area contributed by atoms with E-state index in [1.54, 1.807) is 12.4 Å². The first-order chi connectivity index (χ1) is 30.0. The van der Waals surface area contributed by atoms with Gasteiger partial charge in [0.05, 0.1) is 39.3 Å².